The lowest BCUT2D eigenvalue weighted by molar-refractivity contribution is -0.141. The van der Waals surface area contributed by atoms with E-state index in [2.05, 4.69) is 10.1 Å². The van der Waals surface area contributed by atoms with Crippen molar-refractivity contribution in [2.24, 2.45) is 0 Å². The van der Waals surface area contributed by atoms with Gasteiger partial charge in [0.05, 0.1) is 25.1 Å². The summed E-state index contributed by atoms with van der Waals surface area (Å²) in [6.07, 6.45) is -4.58. The van der Waals surface area contributed by atoms with Gasteiger partial charge in [-0.05, 0) is 17.7 Å². The molecule has 0 fully saturated rings. The van der Waals surface area contributed by atoms with Crippen LogP contribution in [0.25, 0.3) is 0 Å². The Morgan fingerprint density at radius 3 is 2.20 bits per heavy atom. The topological polar surface area (TPSA) is 55.4 Å². The molecule has 1 N–H and O–H groups in total. The van der Waals surface area contributed by atoms with Gasteiger partial charge in [0, 0.05) is 6.92 Å². The molecule has 0 aliphatic rings. The summed E-state index contributed by atoms with van der Waals surface area (Å²) >= 11 is 0. The summed E-state index contributed by atoms with van der Waals surface area (Å²) in [5, 5.41) is 2.50. The van der Waals surface area contributed by atoms with E-state index in [4.69, 9.17) is 0 Å². The summed E-state index contributed by atoms with van der Waals surface area (Å²) in [5.41, 5.74) is -0.389. The number of benzene rings is 1. The van der Waals surface area contributed by atoms with Crippen molar-refractivity contribution < 1.29 is 27.5 Å². The van der Waals surface area contributed by atoms with Gasteiger partial charge < -0.3 is 10.1 Å². The minimum Gasteiger partial charge on any atom is -0.469 e. The Morgan fingerprint density at radius 2 is 1.80 bits per heavy atom. The van der Waals surface area contributed by atoms with E-state index in [-0.39, 0.29) is 12.3 Å². The third-order valence-corrected chi connectivity index (χ3v) is 2.62. The fraction of sp³-hybridized carbons (Fsp3) is 0.385. The van der Waals surface area contributed by atoms with Crippen LogP contribution in [-0.4, -0.2) is 19.0 Å². The van der Waals surface area contributed by atoms with Crippen molar-refractivity contribution >= 4 is 11.9 Å². The third kappa shape index (κ3) is 4.56. The van der Waals surface area contributed by atoms with Gasteiger partial charge in [-0.15, -0.1) is 0 Å². The smallest absolute Gasteiger partial charge is 0.416 e. The van der Waals surface area contributed by atoms with Crippen molar-refractivity contribution in [2.45, 2.75) is 25.6 Å². The van der Waals surface area contributed by atoms with Crippen LogP contribution in [0.5, 0.6) is 0 Å². The molecule has 0 aromatic heterocycles. The quantitative estimate of drug-likeness (QED) is 0.866. The van der Waals surface area contributed by atoms with Crippen LogP contribution in [0.3, 0.4) is 0 Å². The molecule has 0 heterocycles. The number of ether oxygens (including phenoxy) is 1. The number of hydrogen-bond donors (Lipinski definition) is 1. The summed E-state index contributed by atoms with van der Waals surface area (Å²) in [5.74, 6) is -0.956. The van der Waals surface area contributed by atoms with Crippen LogP contribution < -0.4 is 5.32 Å². The van der Waals surface area contributed by atoms with E-state index in [0.717, 1.165) is 12.1 Å². The Kier molecular flexibility index (Phi) is 5.12. The molecule has 1 amide bonds. The highest BCUT2D eigenvalue weighted by molar-refractivity contribution is 5.75. The molecule has 0 radical (unpaired) electrons. The molecular weight excluding hydrogens is 275 g/mol. The number of amides is 1. The fourth-order valence-corrected chi connectivity index (χ4v) is 1.65. The molecule has 1 atom stereocenters. The van der Waals surface area contributed by atoms with Gasteiger partial charge in [0.25, 0.3) is 0 Å². The highest BCUT2D eigenvalue weighted by Gasteiger charge is 2.30. The maximum Gasteiger partial charge on any atom is 0.416 e. The van der Waals surface area contributed by atoms with Crippen molar-refractivity contribution in [3.63, 3.8) is 0 Å². The molecular formula is C13H14F3NO3. The van der Waals surface area contributed by atoms with Crippen molar-refractivity contribution in [2.75, 3.05) is 7.11 Å². The van der Waals surface area contributed by atoms with Gasteiger partial charge in [-0.1, -0.05) is 12.1 Å². The number of carbonyl (C=O) groups is 2. The Hall–Kier alpha value is -2.05. The second-order valence-corrected chi connectivity index (χ2v) is 4.15. The van der Waals surface area contributed by atoms with Crippen LogP contribution >= 0.6 is 0 Å². The normalized spacial score (nSPS) is 12.7. The molecule has 4 nitrogen and oxygen atoms in total. The number of nitrogens with one attached hydrogen (secondary N) is 1. The molecule has 110 valence electrons. The summed E-state index contributed by atoms with van der Waals surface area (Å²) in [6.45, 7) is 1.26. The summed E-state index contributed by atoms with van der Waals surface area (Å²) in [6, 6.07) is 3.55. The Labute approximate surface area is 113 Å². The Morgan fingerprint density at radius 1 is 1.25 bits per heavy atom. The van der Waals surface area contributed by atoms with Gasteiger partial charge in [-0.3, -0.25) is 9.59 Å². The average Bonchev–Trinajstić information content (AvgIpc) is 2.36. The molecule has 1 rings (SSSR count). The minimum atomic E-state index is -4.43. The maximum atomic E-state index is 12.5. The minimum absolute atomic E-state index is 0.151. The monoisotopic (exact) mass is 289 g/mol. The first kappa shape index (κ1) is 16.0. The summed E-state index contributed by atoms with van der Waals surface area (Å²) in [7, 11) is 1.19. The van der Waals surface area contributed by atoms with Crippen LogP contribution in [0, 0.1) is 0 Å². The lowest BCUT2D eigenvalue weighted by atomic mass is 10.0. The molecule has 0 bridgehead atoms. The number of alkyl halides is 3. The second kappa shape index (κ2) is 6.40. The second-order valence-electron chi connectivity index (χ2n) is 4.15. The number of esters is 1. The van der Waals surface area contributed by atoms with Crippen molar-refractivity contribution in [1.29, 1.82) is 0 Å². The Bertz CT molecular complexity index is 483. The molecule has 20 heavy (non-hydrogen) atoms. The Balaban J connectivity index is 2.96. The molecule has 0 spiro atoms. The lowest BCUT2D eigenvalue weighted by Gasteiger charge is -2.18. The number of hydrogen-bond acceptors (Lipinski definition) is 3. The van der Waals surface area contributed by atoms with E-state index in [1.54, 1.807) is 0 Å². The van der Waals surface area contributed by atoms with Gasteiger partial charge in [-0.25, -0.2) is 0 Å². The number of methoxy groups -OCH3 is 1. The van der Waals surface area contributed by atoms with Crippen LogP contribution in [-0.2, 0) is 20.5 Å². The average molecular weight is 289 g/mol. The molecule has 1 aromatic rings. The van der Waals surface area contributed by atoms with Gasteiger partial charge in [0.2, 0.25) is 5.91 Å². The van der Waals surface area contributed by atoms with E-state index in [0.29, 0.717) is 5.56 Å². The van der Waals surface area contributed by atoms with Gasteiger partial charge in [0.1, 0.15) is 0 Å². The molecule has 7 heteroatoms. The first-order chi connectivity index (χ1) is 9.24. The predicted molar refractivity (Wildman–Crippen MR) is 64.6 cm³/mol. The highest BCUT2D eigenvalue weighted by Crippen LogP contribution is 2.30. The zero-order valence-electron chi connectivity index (χ0n) is 11.0. The summed E-state index contributed by atoms with van der Waals surface area (Å²) in [4.78, 5) is 22.3. The molecule has 0 aliphatic carbocycles. The number of carbonyl (C=O) groups excluding carboxylic acids is 2. The van der Waals surface area contributed by atoms with E-state index < -0.39 is 23.8 Å². The van der Waals surface area contributed by atoms with Crippen LogP contribution in [0.2, 0.25) is 0 Å². The molecule has 0 saturated heterocycles. The lowest BCUT2D eigenvalue weighted by Crippen LogP contribution is -2.28. The first-order valence-corrected chi connectivity index (χ1v) is 5.75. The van der Waals surface area contributed by atoms with Gasteiger partial charge in [0.15, 0.2) is 0 Å². The highest BCUT2D eigenvalue weighted by atomic mass is 19.4. The molecule has 0 aliphatic heterocycles. The number of halogens is 3. The molecule has 1 aromatic carbocycles. The largest absolute Gasteiger partial charge is 0.469 e. The predicted octanol–water partition coefficient (Wildman–Crippen LogP) is 2.45. The molecule has 1 unspecified atom stereocenters. The van der Waals surface area contributed by atoms with E-state index in [1.807, 2.05) is 0 Å². The van der Waals surface area contributed by atoms with E-state index in [1.165, 1.54) is 26.2 Å². The van der Waals surface area contributed by atoms with Gasteiger partial charge >= 0.3 is 12.1 Å². The fourth-order valence-electron chi connectivity index (χ4n) is 1.65. The maximum absolute atomic E-state index is 12.5. The van der Waals surface area contributed by atoms with Crippen LogP contribution in [0.1, 0.15) is 30.5 Å². The van der Waals surface area contributed by atoms with Gasteiger partial charge in [-0.2, -0.15) is 13.2 Å². The zero-order chi connectivity index (χ0) is 15.3. The molecule has 0 saturated carbocycles. The van der Waals surface area contributed by atoms with Crippen molar-refractivity contribution in [1.82, 2.24) is 5.32 Å². The van der Waals surface area contributed by atoms with Crippen molar-refractivity contribution in [3.8, 4) is 0 Å². The van der Waals surface area contributed by atoms with Crippen LogP contribution in [0.4, 0.5) is 13.2 Å². The first-order valence-electron chi connectivity index (χ1n) is 5.75. The SMILES string of the molecule is COC(=O)CC(NC(C)=O)c1ccc(C(F)(F)F)cc1. The van der Waals surface area contributed by atoms with E-state index in [9.17, 15) is 22.8 Å². The van der Waals surface area contributed by atoms with Crippen molar-refractivity contribution in [3.05, 3.63) is 35.4 Å². The summed E-state index contributed by atoms with van der Waals surface area (Å²) < 4.78 is 41.8. The van der Waals surface area contributed by atoms with Crippen LogP contribution in [0.15, 0.2) is 24.3 Å². The van der Waals surface area contributed by atoms with E-state index >= 15 is 0 Å². The zero-order valence-corrected chi connectivity index (χ0v) is 11.0. The number of rotatable bonds is 4. The standard InChI is InChI=1S/C13H14F3NO3/c1-8(18)17-11(7-12(19)20-2)9-3-5-10(6-4-9)13(14,15)16/h3-6,11H,7H2,1-2H3,(H,17,18). The third-order valence-electron chi connectivity index (χ3n) is 2.62.